The van der Waals surface area contributed by atoms with E-state index in [1.807, 2.05) is 20.8 Å². The Morgan fingerprint density at radius 3 is 2.62 bits per heavy atom. The molecule has 1 aromatic heterocycles. The van der Waals surface area contributed by atoms with Gasteiger partial charge in [0.15, 0.2) is 0 Å². The van der Waals surface area contributed by atoms with Crippen LogP contribution in [-0.4, -0.2) is 28.5 Å². The summed E-state index contributed by atoms with van der Waals surface area (Å²) in [5.41, 5.74) is 0.349. The lowest BCUT2D eigenvalue weighted by Crippen LogP contribution is -2.32. The Morgan fingerprint density at radius 2 is 2.12 bits per heavy atom. The van der Waals surface area contributed by atoms with E-state index in [0.717, 1.165) is 13.0 Å². The van der Waals surface area contributed by atoms with Crippen molar-refractivity contribution >= 4 is 11.7 Å². The molecule has 16 heavy (non-hydrogen) atoms. The van der Waals surface area contributed by atoms with E-state index < -0.39 is 0 Å². The van der Waals surface area contributed by atoms with Gasteiger partial charge in [-0.05, 0) is 20.3 Å². The van der Waals surface area contributed by atoms with E-state index in [1.165, 1.54) is 6.20 Å². The highest BCUT2D eigenvalue weighted by molar-refractivity contribution is 5.92. The van der Waals surface area contributed by atoms with Crippen LogP contribution in [0.1, 0.15) is 37.7 Å². The van der Waals surface area contributed by atoms with Gasteiger partial charge in [-0.25, -0.2) is 9.97 Å². The maximum absolute atomic E-state index is 11.6. The van der Waals surface area contributed by atoms with Gasteiger partial charge in [0, 0.05) is 12.6 Å². The number of hydrogen-bond acceptors (Lipinski definition) is 4. The van der Waals surface area contributed by atoms with Gasteiger partial charge < -0.3 is 10.6 Å². The second-order valence-electron chi connectivity index (χ2n) is 3.60. The van der Waals surface area contributed by atoms with Crippen molar-refractivity contribution in [2.24, 2.45) is 0 Å². The number of nitrogens with zero attached hydrogens (tertiary/aromatic N) is 2. The summed E-state index contributed by atoms with van der Waals surface area (Å²) in [6, 6.07) is 0.155. The van der Waals surface area contributed by atoms with Crippen molar-refractivity contribution in [3.63, 3.8) is 0 Å². The summed E-state index contributed by atoms with van der Waals surface area (Å²) in [5, 5.41) is 5.86. The van der Waals surface area contributed by atoms with Crippen LogP contribution in [0, 0.1) is 0 Å². The molecule has 88 valence electrons. The van der Waals surface area contributed by atoms with E-state index in [9.17, 15) is 4.79 Å². The summed E-state index contributed by atoms with van der Waals surface area (Å²) >= 11 is 0. The third-order valence-corrected chi connectivity index (χ3v) is 2.23. The first-order valence-electron chi connectivity index (χ1n) is 5.54. The van der Waals surface area contributed by atoms with Crippen molar-refractivity contribution in [2.45, 2.75) is 33.2 Å². The van der Waals surface area contributed by atoms with Crippen LogP contribution in [0.2, 0.25) is 0 Å². The molecule has 0 aliphatic heterocycles. The van der Waals surface area contributed by atoms with Gasteiger partial charge in [0.2, 0.25) is 0 Å². The SMILES string of the molecule is CCNc1cnc(C(=O)NC(C)CC)cn1. The highest BCUT2D eigenvalue weighted by atomic mass is 16.1. The third-order valence-electron chi connectivity index (χ3n) is 2.23. The van der Waals surface area contributed by atoms with E-state index in [0.29, 0.717) is 11.5 Å². The van der Waals surface area contributed by atoms with Crippen molar-refractivity contribution < 1.29 is 4.79 Å². The quantitative estimate of drug-likeness (QED) is 0.791. The van der Waals surface area contributed by atoms with Crippen LogP contribution in [0.3, 0.4) is 0 Å². The van der Waals surface area contributed by atoms with Gasteiger partial charge in [-0.2, -0.15) is 0 Å². The van der Waals surface area contributed by atoms with Crippen molar-refractivity contribution in [2.75, 3.05) is 11.9 Å². The van der Waals surface area contributed by atoms with Crippen LogP contribution in [0.4, 0.5) is 5.82 Å². The van der Waals surface area contributed by atoms with Crippen LogP contribution >= 0.6 is 0 Å². The highest BCUT2D eigenvalue weighted by Gasteiger charge is 2.09. The predicted molar refractivity (Wildman–Crippen MR) is 63.4 cm³/mol. The first kappa shape index (κ1) is 12.4. The van der Waals surface area contributed by atoms with Gasteiger partial charge in [-0.3, -0.25) is 4.79 Å². The summed E-state index contributed by atoms with van der Waals surface area (Å²) in [6.45, 7) is 6.74. The summed E-state index contributed by atoms with van der Waals surface area (Å²) in [4.78, 5) is 19.8. The average molecular weight is 222 g/mol. The lowest BCUT2D eigenvalue weighted by molar-refractivity contribution is 0.0934. The van der Waals surface area contributed by atoms with Gasteiger partial charge in [0.05, 0.1) is 12.4 Å². The molecule has 0 saturated heterocycles. The molecule has 2 N–H and O–H groups in total. The van der Waals surface area contributed by atoms with Crippen LogP contribution in [-0.2, 0) is 0 Å². The molecule has 1 heterocycles. The van der Waals surface area contributed by atoms with Crippen LogP contribution in [0.15, 0.2) is 12.4 Å². The van der Waals surface area contributed by atoms with Crippen molar-refractivity contribution in [1.82, 2.24) is 15.3 Å². The number of carbonyl (C=O) groups is 1. The fraction of sp³-hybridized carbons (Fsp3) is 0.545. The summed E-state index contributed by atoms with van der Waals surface area (Å²) in [7, 11) is 0. The summed E-state index contributed by atoms with van der Waals surface area (Å²) in [5.74, 6) is 0.507. The number of amides is 1. The van der Waals surface area contributed by atoms with E-state index in [1.54, 1.807) is 6.20 Å². The van der Waals surface area contributed by atoms with E-state index in [2.05, 4.69) is 20.6 Å². The van der Waals surface area contributed by atoms with Gasteiger partial charge in [-0.15, -0.1) is 0 Å². The van der Waals surface area contributed by atoms with Crippen LogP contribution < -0.4 is 10.6 Å². The van der Waals surface area contributed by atoms with Crippen LogP contribution in [0.5, 0.6) is 0 Å². The van der Waals surface area contributed by atoms with Gasteiger partial charge >= 0.3 is 0 Å². The van der Waals surface area contributed by atoms with Gasteiger partial charge in [-0.1, -0.05) is 6.92 Å². The zero-order chi connectivity index (χ0) is 12.0. The molecule has 0 radical (unpaired) electrons. The molecule has 0 bridgehead atoms. The molecule has 0 fully saturated rings. The topological polar surface area (TPSA) is 66.9 Å². The molecule has 1 unspecified atom stereocenters. The Morgan fingerprint density at radius 1 is 1.38 bits per heavy atom. The van der Waals surface area contributed by atoms with E-state index in [4.69, 9.17) is 0 Å². The fourth-order valence-electron chi connectivity index (χ4n) is 1.12. The standard InChI is InChI=1S/C11H18N4O/c1-4-8(3)15-11(16)9-6-14-10(7-13-9)12-5-2/h6-8H,4-5H2,1-3H3,(H,12,14)(H,15,16). The first-order valence-corrected chi connectivity index (χ1v) is 5.54. The monoisotopic (exact) mass is 222 g/mol. The number of carbonyl (C=O) groups excluding carboxylic acids is 1. The molecule has 1 rings (SSSR count). The van der Waals surface area contributed by atoms with Crippen molar-refractivity contribution in [3.8, 4) is 0 Å². The molecular formula is C11H18N4O. The lowest BCUT2D eigenvalue weighted by Gasteiger charge is -2.10. The molecular weight excluding hydrogens is 204 g/mol. The Hall–Kier alpha value is -1.65. The number of aromatic nitrogens is 2. The Labute approximate surface area is 95.7 Å². The smallest absolute Gasteiger partial charge is 0.271 e. The Balaban J connectivity index is 2.63. The number of rotatable bonds is 5. The lowest BCUT2D eigenvalue weighted by atomic mass is 10.2. The minimum atomic E-state index is -0.176. The average Bonchev–Trinajstić information content (AvgIpc) is 2.30. The van der Waals surface area contributed by atoms with Gasteiger partial charge in [0.25, 0.3) is 5.91 Å². The highest BCUT2D eigenvalue weighted by Crippen LogP contribution is 2.01. The molecule has 5 heteroatoms. The largest absolute Gasteiger partial charge is 0.369 e. The zero-order valence-corrected chi connectivity index (χ0v) is 9.95. The second kappa shape index (κ2) is 6.05. The molecule has 1 amide bonds. The Bertz CT molecular complexity index is 336. The fourth-order valence-corrected chi connectivity index (χ4v) is 1.12. The minimum Gasteiger partial charge on any atom is -0.369 e. The number of anilines is 1. The molecule has 1 atom stereocenters. The maximum Gasteiger partial charge on any atom is 0.271 e. The summed E-state index contributed by atoms with van der Waals surface area (Å²) < 4.78 is 0. The summed E-state index contributed by atoms with van der Waals surface area (Å²) in [6.07, 6.45) is 3.94. The van der Waals surface area contributed by atoms with E-state index >= 15 is 0 Å². The molecule has 0 aliphatic rings. The zero-order valence-electron chi connectivity index (χ0n) is 9.95. The number of hydrogen-bond donors (Lipinski definition) is 2. The van der Waals surface area contributed by atoms with Crippen molar-refractivity contribution in [1.29, 1.82) is 0 Å². The molecule has 1 aromatic rings. The maximum atomic E-state index is 11.6. The molecule has 5 nitrogen and oxygen atoms in total. The normalized spacial score (nSPS) is 11.9. The Kier molecular flexibility index (Phi) is 4.69. The number of nitrogens with one attached hydrogen (secondary N) is 2. The van der Waals surface area contributed by atoms with Crippen molar-refractivity contribution in [3.05, 3.63) is 18.1 Å². The third kappa shape index (κ3) is 3.49. The molecule has 0 spiro atoms. The minimum absolute atomic E-state index is 0.155. The molecule has 0 aliphatic carbocycles. The first-order chi connectivity index (χ1) is 7.67. The van der Waals surface area contributed by atoms with Crippen LogP contribution in [0.25, 0.3) is 0 Å². The van der Waals surface area contributed by atoms with E-state index in [-0.39, 0.29) is 11.9 Å². The van der Waals surface area contributed by atoms with Gasteiger partial charge in [0.1, 0.15) is 11.5 Å². The second-order valence-corrected chi connectivity index (χ2v) is 3.60. The molecule has 0 saturated carbocycles. The molecule has 0 aromatic carbocycles. The predicted octanol–water partition coefficient (Wildman–Crippen LogP) is 1.44.